The Morgan fingerprint density at radius 1 is 0.844 bits per heavy atom. The summed E-state index contributed by atoms with van der Waals surface area (Å²) in [4.78, 5) is 43.1. The number of carbonyl (C=O) groups excluding carboxylic acids is 3. The summed E-state index contributed by atoms with van der Waals surface area (Å²) in [5.41, 5.74) is 10.9. The molecule has 0 spiro atoms. The Kier molecular flexibility index (Phi) is 9.03. The van der Waals surface area contributed by atoms with Crippen molar-refractivity contribution in [2.24, 2.45) is 25.0 Å². The molecule has 0 saturated carbocycles. The molecule has 0 atom stereocenters. The molecular formula is C31H31N9O5. The number of amidine groups is 1. The second-order valence-corrected chi connectivity index (χ2v) is 10.1. The van der Waals surface area contributed by atoms with E-state index in [-0.39, 0.29) is 24.2 Å². The van der Waals surface area contributed by atoms with Crippen molar-refractivity contribution in [3.05, 3.63) is 95.1 Å². The van der Waals surface area contributed by atoms with Crippen LogP contribution in [0, 0.1) is 0 Å². The molecule has 3 heterocycles. The maximum absolute atomic E-state index is 13.0. The van der Waals surface area contributed by atoms with Crippen LogP contribution in [0.15, 0.2) is 76.8 Å². The lowest BCUT2D eigenvalue weighted by Gasteiger charge is -2.05. The van der Waals surface area contributed by atoms with Gasteiger partial charge in [-0.15, -0.1) is 0 Å². The zero-order valence-electron chi connectivity index (χ0n) is 24.8. The van der Waals surface area contributed by atoms with Crippen molar-refractivity contribution in [2.45, 2.75) is 6.42 Å². The number of nitrogens with zero attached hydrogens (tertiary/aromatic N) is 5. The topological polar surface area (TPSA) is 184 Å². The summed E-state index contributed by atoms with van der Waals surface area (Å²) >= 11 is 0. The number of hydrogen-bond donors (Lipinski definition) is 4. The molecule has 0 fully saturated rings. The second-order valence-electron chi connectivity index (χ2n) is 10.1. The molecule has 5 N–H and O–H groups in total. The average Bonchev–Trinajstić information content (AvgIpc) is 3.74. The minimum absolute atomic E-state index is 0.259. The Morgan fingerprint density at radius 3 is 2.13 bits per heavy atom. The molecule has 2 aromatic carbocycles. The Bertz CT molecular complexity index is 1910. The Labute approximate surface area is 257 Å². The molecule has 3 aromatic heterocycles. The molecule has 0 aliphatic rings. The van der Waals surface area contributed by atoms with Crippen molar-refractivity contribution in [1.29, 1.82) is 0 Å². The van der Waals surface area contributed by atoms with Gasteiger partial charge in [0.15, 0.2) is 0 Å². The minimum Gasteiger partial charge on any atom is -0.398 e. The van der Waals surface area contributed by atoms with Crippen LogP contribution in [0.5, 0.6) is 0 Å². The van der Waals surface area contributed by atoms with Gasteiger partial charge >= 0.3 is 0 Å². The van der Waals surface area contributed by atoms with Crippen molar-refractivity contribution in [1.82, 2.24) is 24.8 Å². The van der Waals surface area contributed by atoms with Crippen LogP contribution in [0.1, 0.15) is 48.9 Å². The van der Waals surface area contributed by atoms with E-state index in [0.717, 1.165) is 11.1 Å². The number of hydrogen-bond acceptors (Lipinski definition) is 8. The second kappa shape index (κ2) is 13.4. The standard InChI is InChI=1S/C31H31N9O5/c1-39-18-23(15-26(39)30(42)33-13-12-28(32)38-44-3)35-31(43)27-16-22(17-40(27)2)34-29(41)21-9-6-19(7-10-21)4-5-20-8-11-24-25(14-20)37-45-36-24/h4-11,14-18H,12-13H2,1-3H3,(H2,32,38)(H,33,42)(H,34,41)(H,35,43). The molecule has 14 heteroatoms. The molecule has 45 heavy (non-hydrogen) atoms. The smallest absolute Gasteiger partial charge is 0.272 e. The van der Waals surface area contributed by atoms with Crippen LogP contribution in [-0.2, 0) is 18.9 Å². The number of aryl methyl sites for hydroxylation is 2. The van der Waals surface area contributed by atoms with Gasteiger partial charge in [-0.05, 0) is 57.8 Å². The molecule has 0 aliphatic heterocycles. The zero-order valence-corrected chi connectivity index (χ0v) is 24.8. The van der Waals surface area contributed by atoms with Crippen molar-refractivity contribution in [3.8, 4) is 0 Å². The highest BCUT2D eigenvalue weighted by Gasteiger charge is 2.17. The van der Waals surface area contributed by atoms with Gasteiger partial charge in [0.1, 0.15) is 35.4 Å². The molecular weight excluding hydrogens is 578 g/mol. The van der Waals surface area contributed by atoms with Crippen molar-refractivity contribution < 1.29 is 23.9 Å². The third-order valence-corrected chi connectivity index (χ3v) is 6.79. The van der Waals surface area contributed by atoms with Gasteiger partial charge in [0, 0.05) is 45.0 Å². The van der Waals surface area contributed by atoms with Crippen molar-refractivity contribution in [3.63, 3.8) is 0 Å². The number of aromatic nitrogens is 4. The van der Waals surface area contributed by atoms with Gasteiger partial charge < -0.3 is 35.7 Å². The first kappa shape index (κ1) is 30.3. The summed E-state index contributed by atoms with van der Waals surface area (Å²) in [6.45, 7) is 0.268. The zero-order chi connectivity index (χ0) is 31.9. The van der Waals surface area contributed by atoms with E-state index in [1.165, 1.54) is 7.11 Å². The van der Waals surface area contributed by atoms with Gasteiger partial charge in [0.05, 0.1) is 11.4 Å². The average molecular weight is 610 g/mol. The lowest BCUT2D eigenvalue weighted by Crippen LogP contribution is -2.29. The summed E-state index contributed by atoms with van der Waals surface area (Å²) < 4.78 is 7.94. The van der Waals surface area contributed by atoms with Gasteiger partial charge in [-0.3, -0.25) is 14.4 Å². The van der Waals surface area contributed by atoms with Gasteiger partial charge in [-0.1, -0.05) is 35.5 Å². The molecule has 0 bridgehead atoms. The highest BCUT2D eigenvalue weighted by Crippen LogP contribution is 2.19. The quantitative estimate of drug-likeness (QED) is 0.0757. The molecule has 0 radical (unpaired) electrons. The molecule has 0 aliphatic carbocycles. The van der Waals surface area contributed by atoms with Gasteiger partial charge in [-0.2, -0.15) is 0 Å². The minimum atomic E-state index is -0.408. The van der Waals surface area contributed by atoms with Crippen LogP contribution in [0.4, 0.5) is 11.4 Å². The Morgan fingerprint density at radius 2 is 1.44 bits per heavy atom. The number of nitrogens with one attached hydrogen (secondary N) is 3. The monoisotopic (exact) mass is 609 g/mol. The third kappa shape index (κ3) is 7.43. The summed E-state index contributed by atoms with van der Waals surface area (Å²) in [5.74, 6) is -0.802. The number of fused-ring (bicyclic) bond motifs is 1. The van der Waals surface area contributed by atoms with Crippen LogP contribution in [-0.4, -0.2) is 56.7 Å². The van der Waals surface area contributed by atoms with E-state index in [0.29, 0.717) is 45.8 Å². The fourth-order valence-corrected chi connectivity index (χ4v) is 4.51. The van der Waals surface area contributed by atoms with Crippen molar-refractivity contribution in [2.75, 3.05) is 24.3 Å². The highest BCUT2D eigenvalue weighted by molar-refractivity contribution is 6.07. The molecule has 5 aromatic rings. The summed E-state index contributed by atoms with van der Waals surface area (Å²) in [6.07, 6.45) is 7.46. The van der Waals surface area contributed by atoms with E-state index in [4.69, 9.17) is 10.4 Å². The Balaban J connectivity index is 1.16. The Hall–Kier alpha value is -6.18. The van der Waals surface area contributed by atoms with E-state index >= 15 is 0 Å². The summed E-state index contributed by atoms with van der Waals surface area (Å²) in [7, 11) is 4.78. The maximum atomic E-state index is 13.0. The predicted molar refractivity (Wildman–Crippen MR) is 169 cm³/mol. The number of anilines is 2. The molecule has 14 nitrogen and oxygen atoms in total. The van der Waals surface area contributed by atoms with E-state index in [1.54, 1.807) is 59.9 Å². The van der Waals surface area contributed by atoms with Crippen molar-refractivity contribution >= 4 is 58.1 Å². The third-order valence-electron chi connectivity index (χ3n) is 6.79. The fourth-order valence-electron chi connectivity index (χ4n) is 4.51. The van der Waals surface area contributed by atoms with E-state index < -0.39 is 5.91 Å². The van der Waals surface area contributed by atoms with Gasteiger partial charge in [0.25, 0.3) is 17.7 Å². The number of rotatable bonds is 11. The first-order chi connectivity index (χ1) is 21.7. The van der Waals surface area contributed by atoms with Crippen LogP contribution >= 0.6 is 0 Å². The van der Waals surface area contributed by atoms with Gasteiger partial charge in [-0.25, -0.2) is 4.63 Å². The summed E-state index contributed by atoms with van der Waals surface area (Å²) in [6, 6.07) is 15.9. The predicted octanol–water partition coefficient (Wildman–Crippen LogP) is 3.61. The molecule has 230 valence electrons. The molecule has 0 unspecified atom stereocenters. The lowest BCUT2D eigenvalue weighted by atomic mass is 10.1. The van der Waals surface area contributed by atoms with Crippen LogP contribution in [0.2, 0.25) is 0 Å². The first-order valence-corrected chi connectivity index (χ1v) is 13.8. The number of carbonyl (C=O) groups is 3. The van der Waals surface area contributed by atoms with E-state index in [1.807, 2.05) is 42.5 Å². The number of nitrogens with two attached hydrogens (primary N) is 1. The SMILES string of the molecule is CO/N=C(\N)CCNC(=O)c1cc(NC(=O)c2cc(NC(=O)c3ccc(C=Cc4ccc5nonc5c4)cc3)cn2C)cn1C. The van der Waals surface area contributed by atoms with E-state index in [9.17, 15) is 14.4 Å². The normalized spacial score (nSPS) is 11.6. The molecule has 5 rings (SSSR count). The van der Waals surface area contributed by atoms with Crippen LogP contribution < -0.4 is 21.7 Å². The van der Waals surface area contributed by atoms with Crippen LogP contribution in [0.25, 0.3) is 23.2 Å². The van der Waals surface area contributed by atoms with E-state index in [2.05, 4.69) is 36.3 Å². The van der Waals surface area contributed by atoms with Crippen LogP contribution in [0.3, 0.4) is 0 Å². The number of benzene rings is 2. The largest absolute Gasteiger partial charge is 0.398 e. The molecule has 0 saturated heterocycles. The first-order valence-electron chi connectivity index (χ1n) is 13.8. The highest BCUT2D eigenvalue weighted by atomic mass is 16.6. The maximum Gasteiger partial charge on any atom is 0.272 e. The summed E-state index contributed by atoms with van der Waals surface area (Å²) in [5, 5.41) is 19.6. The number of amides is 3. The fraction of sp³-hybridized carbons (Fsp3) is 0.161. The molecule has 3 amide bonds. The number of oxime groups is 1. The lowest BCUT2D eigenvalue weighted by molar-refractivity contribution is 0.0944. The van der Waals surface area contributed by atoms with Gasteiger partial charge in [0.2, 0.25) is 0 Å².